The minimum atomic E-state index is -0.970. The van der Waals surface area contributed by atoms with Gasteiger partial charge in [0.1, 0.15) is 46.1 Å². The lowest BCUT2D eigenvalue weighted by molar-refractivity contribution is -0.228. The summed E-state index contributed by atoms with van der Waals surface area (Å²) in [6, 6.07) is 10.6. The van der Waals surface area contributed by atoms with Gasteiger partial charge in [0.05, 0.1) is 32.4 Å². The fourth-order valence-electron chi connectivity index (χ4n) is 6.88. The molecule has 7 heterocycles. The molecule has 0 aliphatic carbocycles. The average Bonchev–Trinajstić information content (AvgIpc) is 3.80. The number of para-hydroxylation sites is 1. The highest BCUT2D eigenvalue weighted by Crippen LogP contribution is 2.41. The highest BCUT2D eigenvalue weighted by molar-refractivity contribution is 6.06. The van der Waals surface area contributed by atoms with Crippen LogP contribution in [0.3, 0.4) is 0 Å². The summed E-state index contributed by atoms with van der Waals surface area (Å²) in [5.74, 6) is 6.82. The predicted octanol–water partition coefficient (Wildman–Crippen LogP) is 4.13. The molecule has 0 bridgehead atoms. The molecule has 252 valence electrons. The number of pyridine rings is 1. The second-order valence-electron chi connectivity index (χ2n) is 13.3. The van der Waals surface area contributed by atoms with E-state index in [4.69, 9.17) is 33.6 Å². The molecule has 0 amide bonds. The lowest BCUT2D eigenvalue weighted by Gasteiger charge is -2.53. The fourth-order valence-corrected chi connectivity index (χ4v) is 6.88. The third-order valence-corrected chi connectivity index (χ3v) is 9.67. The number of ether oxygens (including phenoxy) is 3. The van der Waals surface area contributed by atoms with Crippen LogP contribution in [0.2, 0.25) is 0 Å². The number of rotatable bonds is 6. The van der Waals surface area contributed by atoms with Gasteiger partial charge in [-0.15, -0.1) is 0 Å². The first kappa shape index (κ1) is 31.1. The van der Waals surface area contributed by atoms with Gasteiger partial charge in [0, 0.05) is 49.3 Å². The molecule has 3 fully saturated rings. The van der Waals surface area contributed by atoms with Gasteiger partial charge in [-0.1, -0.05) is 31.9 Å². The summed E-state index contributed by atoms with van der Waals surface area (Å²) < 4.78 is 26.4. The van der Waals surface area contributed by atoms with E-state index >= 15 is 0 Å². The van der Waals surface area contributed by atoms with Gasteiger partial charge < -0.3 is 33.5 Å². The van der Waals surface area contributed by atoms with E-state index in [0.29, 0.717) is 71.8 Å². The van der Waals surface area contributed by atoms with Gasteiger partial charge in [-0.05, 0) is 37.1 Å². The van der Waals surface area contributed by atoms with Crippen LogP contribution in [0.15, 0.2) is 53.2 Å². The minimum absolute atomic E-state index is 0.0145. The molecule has 5 aromatic rings. The van der Waals surface area contributed by atoms with Crippen LogP contribution in [0, 0.1) is 11.8 Å². The SMILES string of the molecule is CC(C)c1nc(N2C[C@@H](Oc3ncc(C#Cc4ccn(C)n4)cc3N3CCOC4(COC4)[C@@H]3C)C[C@H]2C(=O)O)c2oc3ccccc3c2n1. The molecule has 0 saturated carbocycles. The zero-order valence-electron chi connectivity index (χ0n) is 27.8. The molecule has 4 aromatic heterocycles. The zero-order chi connectivity index (χ0) is 33.9. The number of aryl methyl sites for hydroxylation is 1. The van der Waals surface area contributed by atoms with Crippen LogP contribution >= 0.6 is 0 Å². The lowest BCUT2D eigenvalue weighted by atomic mass is 9.90. The number of fused-ring (bicyclic) bond motifs is 3. The number of benzene rings is 1. The van der Waals surface area contributed by atoms with Gasteiger partial charge in [0.15, 0.2) is 11.4 Å². The van der Waals surface area contributed by atoms with Crippen molar-refractivity contribution in [1.82, 2.24) is 24.7 Å². The normalized spacial score (nSPS) is 21.7. The molecule has 1 aromatic carbocycles. The fraction of sp³-hybridized carbons (Fsp3) is 0.417. The molecule has 49 heavy (non-hydrogen) atoms. The third kappa shape index (κ3) is 5.50. The number of carbonyl (C=O) groups is 1. The Morgan fingerprint density at radius 2 is 1.98 bits per heavy atom. The molecule has 8 rings (SSSR count). The molecule has 3 aliphatic heterocycles. The molecule has 1 spiro atoms. The van der Waals surface area contributed by atoms with Gasteiger partial charge in [0.2, 0.25) is 5.88 Å². The molecule has 0 radical (unpaired) electrons. The van der Waals surface area contributed by atoms with E-state index in [1.165, 1.54) is 0 Å². The third-order valence-electron chi connectivity index (χ3n) is 9.67. The van der Waals surface area contributed by atoms with Crippen LogP contribution in [-0.2, 0) is 21.3 Å². The number of hydrogen-bond donors (Lipinski definition) is 1. The molecule has 3 saturated heterocycles. The standard InChI is InChI=1S/C36H37N7O6/c1-21(2)32-38-30-26-7-5-6-8-29(26)49-31(30)33(39-32)43-18-25(16-28(43)35(44)45)48-34-27(42-13-14-47-36(22(42)3)19-46-20-36)15-23(17-37-34)9-10-24-11-12-41(4)40-24/h5-8,11-12,15,17,21-22,25,28H,13-14,16,18-20H2,1-4H3,(H,44,45)/t22-,25-,28-/m0/s1. The highest BCUT2D eigenvalue weighted by Gasteiger charge is 2.50. The van der Waals surface area contributed by atoms with Gasteiger partial charge in [0.25, 0.3) is 0 Å². The smallest absolute Gasteiger partial charge is 0.326 e. The number of aromatic nitrogens is 5. The monoisotopic (exact) mass is 663 g/mol. The number of carboxylic acids is 1. The Morgan fingerprint density at radius 3 is 2.71 bits per heavy atom. The second-order valence-corrected chi connectivity index (χ2v) is 13.3. The summed E-state index contributed by atoms with van der Waals surface area (Å²) in [6.07, 6.45) is 3.24. The number of hydrogen-bond acceptors (Lipinski definition) is 11. The van der Waals surface area contributed by atoms with E-state index in [-0.39, 0.29) is 24.9 Å². The Balaban J connectivity index is 1.15. The molecule has 0 unspecified atom stereocenters. The van der Waals surface area contributed by atoms with Gasteiger partial charge in [-0.25, -0.2) is 19.7 Å². The summed E-state index contributed by atoms with van der Waals surface area (Å²) in [5, 5.41) is 15.7. The van der Waals surface area contributed by atoms with Crippen molar-refractivity contribution in [3.05, 3.63) is 65.9 Å². The van der Waals surface area contributed by atoms with E-state index in [9.17, 15) is 9.90 Å². The molecule has 3 aliphatic rings. The summed E-state index contributed by atoms with van der Waals surface area (Å²) >= 11 is 0. The number of carboxylic acid groups (broad SMARTS) is 1. The Hall–Kier alpha value is -5.19. The van der Waals surface area contributed by atoms with E-state index < -0.39 is 23.7 Å². The Labute approximate surface area is 282 Å². The van der Waals surface area contributed by atoms with Gasteiger partial charge in [-0.2, -0.15) is 5.10 Å². The largest absolute Gasteiger partial charge is 0.480 e. The van der Waals surface area contributed by atoms with Crippen LogP contribution in [-0.4, -0.2) is 92.5 Å². The Bertz CT molecular complexity index is 2130. The Kier molecular flexibility index (Phi) is 7.65. The van der Waals surface area contributed by atoms with Crippen molar-refractivity contribution in [3.63, 3.8) is 0 Å². The van der Waals surface area contributed by atoms with Crippen molar-refractivity contribution in [1.29, 1.82) is 0 Å². The van der Waals surface area contributed by atoms with Crippen molar-refractivity contribution in [3.8, 4) is 17.7 Å². The van der Waals surface area contributed by atoms with Crippen LogP contribution in [0.1, 0.15) is 50.2 Å². The molecular weight excluding hydrogens is 626 g/mol. The molecule has 13 heteroatoms. The predicted molar refractivity (Wildman–Crippen MR) is 181 cm³/mol. The first-order valence-electron chi connectivity index (χ1n) is 16.5. The number of morpholine rings is 1. The molecule has 13 nitrogen and oxygen atoms in total. The number of furan rings is 1. The van der Waals surface area contributed by atoms with E-state index in [1.807, 2.05) is 63.5 Å². The maximum absolute atomic E-state index is 12.8. The van der Waals surface area contributed by atoms with Crippen molar-refractivity contribution in [2.45, 2.75) is 56.9 Å². The number of aliphatic carboxylic acids is 1. The van der Waals surface area contributed by atoms with Crippen molar-refractivity contribution in [2.24, 2.45) is 7.05 Å². The molecular formula is C36H37N7O6. The Morgan fingerprint density at radius 1 is 1.14 bits per heavy atom. The van der Waals surface area contributed by atoms with Crippen LogP contribution < -0.4 is 14.5 Å². The second kappa shape index (κ2) is 12.0. The molecule has 1 N–H and O–H groups in total. The van der Waals surface area contributed by atoms with Gasteiger partial charge in [-0.3, -0.25) is 4.68 Å². The summed E-state index contributed by atoms with van der Waals surface area (Å²) in [5.41, 5.74) is 3.51. The zero-order valence-corrected chi connectivity index (χ0v) is 27.8. The maximum Gasteiger partial charge on any atom is 0.326 e. The van der Waals surface area contributed by atoms with Crippen LogP contribution in [0.5, 0.6) is 5.88 Å². The van der Waals surface area contributed by atoms with Crippen molar-refractivity contribution in [2.75, 3.05) is 42.7 Å². The minimum Gasteiger partial charge on any atom is -0.480 e. The maximum atomic E-state index is 12.8. The number of anilines is 2. The van der Waals surface area contributed by atoms with E-state index in [2.05, 4.69) is 28.8 Å². The highest BCUT2D eigenvalue weighted by atomic mass is 16.6. The van der Waals surface area contributed by atoms with E-state index in [1.54, 1.807) is 15.8 Å². The van der Waals surface area contributed by atoms with E-state index in [0.717, 1.165) is 11.1 Å². The quantitative estimate of drug-likeness (QED) is 0.261. The summed E-state index contributed by atoms with van der Waals surface area (Å²) in [6.45, 7) is 8.58. The lowest BCUT2D eigenvalue weighted by Crippen LogP contribution is -2.68. The van der Waals surface area contributed by atoms with Crippen LogP contribution in [0.25, 0.3) is 22.1 Å². The van der Waals surface area contributed by atoms with Crippen LogP contribution in [0.4, 0.5) is 11.5 Å². The first-order chi connectivity index (χ1) is 23.7. The summed E-state index contributed by atoms with van der Waals surface area (Å²) in [7, 11) is 1.85. The van der Waals surface area contributed by atoms with Gasteiger partial charge >= 0.3 is 5.97 Å². The number of nitrogens with zero attached hydrogens (tertiary/aromatic N) is 7. The first-order valence-corrected chi connectivity index (χ1v) is 16.5. The van der Waals surface area contributed by atoms with Crippen molar-refractivity contribution < 1.29 is 28.5 Å². The average molecular weight is 664 g/mol. The topological polar surface area (TPSA) is 141 Å². The summed E-state index contributed by atoms with van der Waals surface area (Å²) in [4.78, 5) is 31.3. The molecule has 3 atom stereocenters. The van der Waals surface area contributed by atoms with Crippen molar-refractivity contribution >= 4 is 39.5 Å².